The number of hydrogen-bond donors (Lipinski definition) is 1. The van der Waals surface area contributed by atoms with E-state index in [1.165, 1.54) is 0 Å². The minimum atomic E-state index is -0.449. The number of benzene rings is 2. The van der Waals surface area contributed by atoms with Crippen molar-refractivity contribution in [1.82, 2.24) is 5.32 Å². The Bertz CT molecular complexity index is 716. The van der Waals surface area contributed by atoms with E-state index >= 15 is 0 Å². The van der Waals surface area contributed by atoms with Gasteiger partial charge in [0.15, 0.2) is 6.61 Å². The molecule has 0 radical (unpaired) electrons. The van der Waals surface area contributed by atoms with E-state index in [0.29, 0.717) is 18.0 Å². The van der Waals surface area contributed by atoms with Gasteiger partial charge >= 0.3 is 5.97 Å². The van der Waals surface area contributed by atoms with Gasteiger partial charge in [0.05, 0.1) is 13.5 Å². The molecule has 6 heteroatoms. The minimum Gasteiger partial charge on any atom is -0.497 e. The molecule has 1 N–H and O–H groups in total. The quantitative estimate of drug-likeness (QED) is 0.734. The van der Waals surface area contributed by atoms with Crippen LogP contribution in [0.25, 0.3) is 0 Å². The number of nitrogens with one attached hydrogen (secondary N) is 1. The van der Waals surface area contributed by atoms with E-state index in [2.05, 4.69) is 5.32 Å². The van der Waals surface area contributed by atoms with Crippen LogP contribution in [0.4, 0.5) is 0 Å². The Morgan fingerprint density at radius 1 is 1.08 bits per heavy atom. The fraction of sp³-hybridized carbons (Fsp3) is 0.263. The van der Waals surface area contributed by atoms with Gasteiger partial charge in [0.1, 0.15) is 5.75 Å². The van der Waals surface area contributed by atoms with E-state index in [1.54, 1.807) is 37.4 Å². The van der Waals surface area contributed by atoms with E-state index in [1.807, 2.05) is 18.2 Å². The minimum absolute atomic E-state index is 0.111. The molecule has 0 aliphatic carbocycles. The van der Waals surface area contributed by atoms with Gasteiger partial charge in [0.2, 0.25) is 0 Å². The molecule has 0 heterocycles. The number of carbonyl (C=O) groups excluding carboxylic acids is 2. The molecule has 0 aliphatic rings. The summed E-state index contributed by atoms with van der Waals surface area (Å²) in [5.74, 6) is -0.0588. The number of ether oxygens (including phenoxy) is 2. The van der Waals surface area contributed by atoms with Crippen LogP contribution in [0, 0.1) is 0 Å². The Morgan fingerprint density at radius 3 is 2.52 bits per heavy atom. The molecule has 0 fully saturated rings. The second-order valence-electron chi connectivity index (χ2n) is 5.42. The first-order chi connectivity index (χ1) is 12.1. The molecule has 0 unspecified atom stereocenters. The third-order valence-corrected chi connectivity index (χ3v) is 3.73. The van der Waals surface area contributed by atoms with E-state index in [4.69, 9.17) is 21.1 Å². The molecule has 0 bridgehead atoms. The van der Waals surface area contributed by atoms with Crippen molar-refractivity contribution in [2.45, 2.75) is 12.8 Å². The summed E-state index contributed by atoms with van der Waals surface area (Å²) in [6.45, 7) is 0.166. The zero-order valence-electron chi connectivity index (χ0n) is 14.0. The van der Waals surface area contributed by atoms with Crippen molar-refractivity contribution in [2.24, 2.45) is 0 Å². The van der Waals surface area contributed by atoms with Crippen molar-refractivity contribution in [3.63, 3.8) is 0 Å². The molecule has 0 aliphatic heterocycles. The molecule has 0 saturated heterocycles. The maximum Gasteiger partial charge on any atom is 0.310 e. The average molecular weight is 362 g/mol. The molecule has 0 aromatic heterocycles. The van der Waals surface area contributed by atoms with Crippen LogP contribution in [-0.2, 0) is 27.2 Å². The van der Waals surface area contributed by atoms with Gasteiger partial charge in [-0.2, -0.15) is 0 Å². The maximum atomic E-state index is 11.8. The molecule has 132 valence electrons. The van der Waals surface area contributed by atoms with Gasteiger partial charge in [0, 0.05) is 11.6 Å². The van der Waals surface area contributed by atoms with Crippen molar-refractivity contribution in [2.75, 3.05) is 20.3 Å². The summed E-state index contributed by atoms with van der Waals surface area (Å²) in [7, 11) is 1.58. The summed E-state index contributed by atoms with van der Waals surface area (Å²) in [5, 5.41) is 3.37. The summed E-state index contributed by atoms with van der Waals surface area (Å²) in [6, 6.07) is 14.6. The van der Waals surface area contributed by atoms with E-state index in [-0.39, 0.29) is 18.9 Å². The van der Waals surface area contributed by atoms with Crippen molar-refractivity contribution in [3.05, 3.63) is 64.7 Å². The number of esters is 1. The first kappa shape index (κ1) is 18.8. The third kappa shape index (κ3) is 6.85. The van der Waals surface area contributed by atoms with Gasteiger partial charge in [0.25, 0.3) is 5.91 Å². The molecule has 1 amide bonds. The predicted molar refractivity (Wildman–Crippen MR) is 95.8 cm³/mol. The maximum absolute atomic E-state index is 11.8. The average Bonchev–Trinajstić information content (AvgIpc) is 2.61. The largest absolute Gasteiger partial charge is 0.497 e. The van der Waals surface area contributed by atoms with Gasteiger partial charge in [-0.25, -0.2) is 0 Å². The lowest BCUT2D eigenvalue weighted by atomic mass is 10.1. The van der Waals surface area contributed by atoms with Gasteiger partial charge in [-0.3, -0.25) is 9.59 Å². The highest BCUT2D eigenvalue weighted by atomic mass is 35.5. The van der Waals surface area contributed by atoms with E-state index < -0.39 is 5.97 Å². The van der Waals surface area contributed by atoms with Gasteiger partial charge in [-0.05, 0) is 41.8 Å². The first-order valence-electron chi connectivity index (χ1n) is 7.86. The summed E-state index contributed by atoms with van der Waals surface area (Å²) in [6.07, 6.45) is 0.770. The lowest BCUT2D eigenvalue weighted by Gasteiger charge is -2.07. The molecular weight excluding hydrogens is 342 g/mol. The Kier molecular flexibility index (Phi) is 7.29. The zero-order valence-corrected chi connectivity index (χ0v) is 14.7. The number of halogens is 1. The Morgan fingerprint density at radius 2 is 1.84 bits per heavy atom. The van der Waals surface area contributed by atoms with Crippen LogP contribution in [0.15, 0.2) is 48.5 Å². The molecule has 5 nitrogen and oxygen atoms in total. The zero-order chi connectivity index (χ0) is 18.1. The summed E-state index contributed by atoms with van der Waals surface area (Å²) >= 11 is 5.90. The van der Waals surface area contributed by atoms with Crippen LogP contribution in [0.2, 0.25) is 5.02 Å². The normalized spacial score (nSPS) is 10.2. The molecule has 2 aromatic rings. The second kappa shape index (κ2) is 9.69. The Labute approximate surface area is 151 Å². The standard InChI is InChI=1S/C19H20ClNO4/c1-24-17-7-5-15(6-8-17)12-19(23)25-13-18(22)21-10-9-14-3-2-4-16(20)11-14/h2-8,11H,9-10,12-13H2,1H3,(H,21,22). The van der Waals surface area contributed by atoms with Crippen LogP contribution in [0.1, 0.15) is 11.1 Å². The Hall–Kier alpha value is -2.53. The molecule has 2 rings (SSSR count). The smallest absolute Gasteiger partial charge is 0.310 e. The van der Waals surface area contributed by atoms with Crippen molar-refractivity contribution in [3.8, 4) is 5.75 Å². The van der Waals surface area contributed by atoms with Gasteiger partial charge < -0.3 is 14.8 Å². The molecule has 0 atom stereocenters. The molecule has 0 saturated carbocycles. The fourth-order valence-electron chi connectivity index (χ4n) is 2.20. The first-order valence-corrected chi connectivity index (χ1v) is 8.24. The van der Waals surface area contributed by atoms with E-state index in [9.17, 15) is 9.59 Å². The number of carbonyl (C=O) groups is 2. The van der Waals surface area contributed by atoms with Crippen molar-refractivity contribution in [1.29, 1.82) is 0 Å². The topological polar surface area (TPSA) is 64.6 Å². The highest BCUT2D eigenvalue weighted by Gasteiger charge is 2.08. The molecule has 2 aromatic carbocycles. The number of methoxy groups -OCH3 is 1. The van der Waals surface area contributed by atoms with E-state index in [0.717, 1.165) is 16.9 Å². The Balaban J connectivity index is 1.65. The molecular formula is C19H20ClNO4. The van der Waals surface area contributed by atoms with Gasteiger partial charge in [-0.15, -0.1) is 0 Å². The van der Waals surface area contributed by atoms with Crippen LogP contribution in [0.5, 0.6) is 5.75 Å². The SMILES string of the molecule is COc1ccc(CC(=O)OCC(=O)NCCc2cccc(Cl)c2)cc1. The number of rotatable bonds is 8. The summed E-state index contributed by atoms with van der Waals surface area (Å²) < 4.78 is 10.0. The molecule has 0 spiro atoms. The van der Waals surface area contributed by atoms with Crippen LogP contribution < -0.4 is 10.1 Å². The summed E-state index contributed by atoms with van der Waals surface area (Å²) in [5.41, 5.74) is 1.83. The number of hydrogen-bond acceptors (Lipinski definition) is 4. The van der Waals surface area contributed by atoms with Crippen LogP contribution in [0.3, 0.4) is 0 Å². The fourth-order valence-corrected chi connectivity index (χ4v) is 2.41. The lowest BCUT2D eigenvalue weighted by Crippen LogP contribution is -2.30. The summed E-state index contributed by atoms with van der Waals surface area (Å²) in [4.78, 5) is 23.5. The van der Waals surface area contributed by atoms with Crippen molar-refractivity contribution >= 4 is 23.5 Å². The lowest BCUT2D eigenvalue weighted by molar-refractivity contribution is -0.147. The highest BCUT2D eigenvalue weighted by molar-refractivity contribution is 6.30. The highest BCUT2D eigenvalue weighted by Crippen LogP contribution is 2.12. The van der Waals surface area contributed by atoms with Crippen LogP contribution >= 0.6 is 11.6 Å². The third-order valence-electron chi connectivity index (χ3n) is 3.50. The monoisotopic (exact) mass is 361 g/mol. The van der Waals surface area contributed by atoms with Crippen molar-refractivity contribution < 1.29 is 19.1 Å². The second-order valence-corrected chi connectivity index (χ2v) is 5.85. The molecule has 25 heavy (non-hydrogen) atoms. The van der Waals surface area contributed by atoms with Gasteiger partial charge in [-0.1, -0.05) is 35.9 Å². The number of amides is 1. The predicted octanol–water partition coefficient (Wildman–Crippen LogP) is 2.79. The van der Waals surface area contributed by atoms with Crippen LogP contribution in [-0.4, -0.2) is 32.1 Å².